The first-order valence-corrected chi connectivity index (χ1v) is 11.4. The van der Waals surface area contributed by atoms with Gasteiger partial charge in [0.15, 0.2) is 0 Å². The molecule has 3 rings (SSSR count). The highest BCUT2D eigenvalue weighted by molar-refractivity contribution is 7.90. The molecular weight excluding hydrogens is 465 g/mol. The Labute approximate surface area is 187 Å². The Morgan fingerprint density at radius 3 is 1.97 bits per heavy atom. The maximum Gasteiger partial charge on any atom is 0.573 e. The van der Waals surface area contributed by atoms with Crippen LogP contribution in [-0.4, -0.2) is 38.6 Å². The molecule has 0 saturated heterocycles. The predicted octanol–water partition coefficient (Wildman–Crippen LogP) is 3.56. The van der Waals surface area contributed by atoms with Gasteiger partial charge in [0.2, 0.25) is 10.0 Å². The van der Waals surface area contributed by atoms with Crippen molar-refractivity contribution in [1.82, 2.24) is 10.0 Å². The zero-order chi connectivity index (χ0) is 24.1. The van der Waals surface area contributed by atoms with E-state index >= 15 is 0 Å². The molecule has 13 heteroatoms. The Hall–Kier alpha value is -3.48. The number of halogens is 3. The molecule has 9 nitrogen and oxygen atoms in total. The van der Waals surface area contributed by atoms with Crippen LogP contribution in [0.25, 0.3) is 0 Å². The first kappa shape index (κ1) is 24.2. The molecule has 178 valence electrons. The number of alkyl halides is 3. The molecule has 1 fully saturated rings. The molecule has 0 heterocycles. The van der Waals surface area contributed by atoms with E-state index in [4.69, 9.17) is 0 Å². The quantitative estimate of drug-likeness (QED) is 0.454. The van der Waals surface area contributed by atoms with Crippen molar-refractivity contribution >= 4 is 33.5 Å². The molecule has 0 spiro atoms. The summed E-state index contributed by atoms with van der Waals surface area (Å²) in [6, 6.07) is 10.0. The van der Waals surface area contributed by atoms with E-state index in [9.17, 15) is 31.2 Å². The Balaban J connectivity index is 1.40. The van der Waals surface area contributed by atoms with Gasteiger partial charge in [0, 0.05) is 17.9 Å². The lowest BCUT2D eigenvalue weighted by Crippen LogP contribution is -2.41. The summed E-state index contributed by atoms with van der Waals surface area (Å²) in [7, 11) is -3.59. The lowest BCUT2D eigenvalue weighted by atomic mass is 10.1. The van der Waals surface area contributed by atoms with E-state index in [1.807, 2.05) is 4.72 Å². The number of sulfonamides is 1. The van der Waals surface area contributed by atoms with Gasteiger partial charge in [-0.15, -0.1) is 13.2 Å². The number of carbonyl (C=O) groups is 2. The molecule has 0 unspecified atom stereocenters. The maximum atomic E-state index is 12.2. The zero-order valence-electron chi connectivity index (χ0n) is 17.1. The summed E-state index contributed by atoms with van der Waals surface area (Å²) in [4.78, 5) is 23.7. The molecule has 1 saturated carbocycles. The fourth-order valence-electron chi connectivity index (χ4n) is 2.74. The fraction of sp³-hybridized carbons (Fsp3) is 0.300. The lowest BCUT2D eigenvalue weighted by Gasteiger charge is -2.11. The number of hydrogen-bond donors (Lipinski definition) is 4. The molecule has 2 aromatic carbocycles. The average molecular weight is 486 g/mol. The normalized spacial score (nSPS) is 13.7. The van der Waals surface area contributed by atoms with E-state index in [1.54, 1.807) is 24.3 Å². The minimum Gasteiger partial charge on any atom is -0.406 e. The van der Waals surface area contributed by atoms with Crippen LogP contribution in [0.5, 0.6) is 5.75 Å². The van der Waals surface area contributed by atoms with E-state index < -0.39 is 39.4 Å². The molecule has 4 amide bonds. The van der Waals surface area contributed by atoms with Gasteiger partial charge in [-0.05, 0) is 61.2 Å². The van der Waals surface area contributed by atoms with Crippen molar-refractivity contribution in [3.8, 4) is 5.75 Å². The number of nitrogens with one attached hydrogen (secondary N) is 4. The topological polar surface area (TPSA) is 126 Å². The van der Waals surface area contributed by atoms with Gasteiger partial charge in [0.05, 0.1) is 5.25 Å². The number of carbonyl (C=O) groups excluding carboxylic acids is 2. The van der Waals surface area contributed by atoms with Crippen LogP contribution >= 0.6 is 0 Å². The smallest absolute Gasteiger partial charge is 0.406 e. The van der Waals surface area contributed by atoms with Gasteiger partial charge in [0.25, 0.3) is 0 Å². The van der Waals surface area contributed by atoms with E-state index in [0.29, 0.717) is 24.9 Å². The van der Waals surface area contributed by atoms with E-state index in [0.717, 1.165) is 17.7 Å². The van der Waals surface area contributed by atoms with Crippen molar-refractivity contribution in [2.75, 3.05) is 17.2 Å². The van der Waals surface area contributed by atoms with Crippen molar-refractivity contribution in [1.29, 1.82) is 0 Å². The molecule has 33 heavy (non-hydrogen) atoms. The SMILES string of the molecule is O=C(Nc1ccc(CCNC(=O)NS(=O)(=O)C2CC2)cc1)Nc1ccc(OC(F)(F)F)cc1. The van der Waals surface area contributed by atoms with Crippen molar-refractivity contribution in [2.24, 2.45) is 0 Å². The summed E-state index contributed by atoms with van der Waals surface area (Å²) in [6.07, 6.45) is -3.23. The molecule has 2 aromatic rings. The van der Waals surface area contributed by atoms with Crippen LogP contribution < -0.4 is 25.4 Å². The van der Waals surface area contributed by atoms with Gasteiger partial charge in [-0.2, -0.15) is 0 Å². The number of hydrogen-bond acceptors (Lipinski definition) is 5. The summed E-state index contributed by atoms with van der Waals surface area (Å²) in [5.74, 6) is -0.402. The minimum absolute atomic E-state index is 0.216. The Bertz CT molecular complexity index is 1090. The van der Waals surface area contributed by atoms with Crippen LogP contribution in [0.3, 0.4) is 0 Å². The third-order valence-corrected chi connectivity index (χ3v) is 6.27. The summed E-state index contributed by atoms with van der Waals surface area (Å²) in [5, 5.41) is 7.06. The Morgan fingerprint density at radius 2 is 1.45 bits per heavy atom. The number of ether oxygens (including phenoxy) is 1. The summed E-state index contributed by atoms with van der Waals surface area (Å²) < 4.78 is 65.6. The highest BCUT2D eigenvalue weighted by Crippen LogP contribution is 2.27. The summed E-state index contributed by atoms with van der Waals surface area (Å²) in [5.41, 5.74) is 1.58. The van der Waals surface area contributed by atoms with Gasteiger partial charge in [-0.1, -0.05) is 12.1 Å². The molecule has 0 bridgehead atoms. The molecule has 0 aromatic heterocycles. The van der Waals surface area contributed by atoms with E-state index in [2.05, 4.69) is 20.7 Å². The highest BCUT2D eigenvalue weighted by atomic mass is 32.2. The van der Waals surface area contributed by atoms with Gasteiger partial charge >= 0.3 is 18.4 Å². The first-order chi connectivity index (χ1) is 15.5. The van der Waals surface area contributed by atoms with Gasteiger partial charge in [0.1, 0.15) is 5.75 Å². The first-order valence-electron chi connectivity index (χ1n) is 9.82. The lowest BCUT2D eigenvalue weighted by molar-refractivity contribution is -0.274. The molecular formula is C20H21F3N4O5S. The number of anilines is 2. The van der Waals surface area contributed by atoms with Crippen LogP contribution in [0.15, 0.2) is 48.5 Å². The zero-order valence-corrected chi connectivity index (χ0v) is 17.9. The van der Waals surface area contributed by atoms with E-state index in [1.165, 1.54) is 12.1 Å². The predicted molar refractivity (Wildman–Crippen MR) is 114 cm³/mol. The van der Waals surface area contributed by atoms with Crippen LogP contribution in [0, 0.1) is 0 Å². The second-order valence-corrected chi connectivity index (χ2v) is 9.16. The van der Waals surface area contributed by atoms with Crippen molar-refractivity contribution in [2.45, 2.75) is 30.9 Å². The maximum absolute atomic E-state index is 12.2. The Morgan fingerprint density at radius 1 is 0.909 bits per heavy atom. The fourth-order valence-corrected chi connectivity index (χ4v) is 3.99. The van der Waals surface area contributed by atoms with Crippen LogP contribution in [-0.2, 0) is 16.4 Å². The molecule has 1 aliphatic carbocycles. The van der Waals surface area contributed by atoms with Crippen molar-refractivity contribution in [3.05, 3.63) is 54.1 Å². The van der Waals surface area contributed by atoms with Gasteiger partial charge < -0.3 is 20.7 Å². The van der Waals surface area contributed by atoms with Crippen molar-refractivity contribution < 1.29 is 35.9 Å². The summed E-state index contributed by atoms with van der Waals surface area (Å²) in [6.45, 7) is 0.216. The largest absolute Gasteiger partial charge is 0.573 e. The third kappa shape index (κ3) is 8.18. The molecule has 1 aliphatic rings. The Kier molecular flexibility index (Phi) is 7.31. The number of benzene rings is 2. The van der Waals surface area contributed by atoms with Gasteiger partial charge in [-0.3, -0.25) is 0 Å². The second-order valence-electron chi connectivity index (χ2n) is 7.20. The number of urea groups is 2. The monoisotopic (exact) mass is 486 g/mol. The van der Waals surface area contributed by atoms with Crippen molar-refractivity contribution in [3.63, 3.8) is 0 Å². The van der Waals surface area contributed by atoms with Crippen LogP contribution in [0.1, 0.15) is 18.4 Å². The molecule has 4 N–H and O–H groups in total. The minimum atomic E-state index is -4.79. The highest BCUT2D eigenvalue weighted by Gasteiger charge is 2.36. The van der Waals surface area contributed by atoms with Crippen LogP contribution in [0.2, 0.25) is 0 Å². The van der Waals surface area contributed by atoms with Gasteiger partial charge in [-0.25, -0.2) is 22.7 Å². The molecule has 0 aliphatic heterocycles. The van der Waals surface area contributed by atoms with Crippen LogP contribution in [0.4, 0.5) is 34.1 Å². The van der Waals surface area contributed by atoms with E-state index in [-0.39, 0.29) is 12.2 Å². The molecule has 0 atom stereocenters. The number of rotatable bonds is 8. The average Bonchev–Trinajstić information content (AvgIpc) is 3.55. The number of amides is 4. The third-order valence-electron chi connectivity index (χ3n) is 4.45. The summed E-state index contributed by atoms with van der Waals surface area (Å²) >= 11 is 0. The standard InChI is InChI=1S/C20H21F3N4O5S/c21-20(22,23)32-16-7-5-15(6-8-16)26-19(29)25-14-3-1-13(2-4-14)11-12-24-18(28)27-33(30,31)17-9-10-17/h1-8,17H,9-12H2,(H2,24,27,28)(H2,25,26,29). The second kappa shape index (κ2) is 9.98. The molecule has 0 radical (unpaired) electrons.